The molecule has 0 radical (unpaired) electrons. The molecule has 0 aromatic carbocycles. The minimum absolute atomic E-state index is 0.215. The minimum Gasteiger partial charge on any atom is -0.311 e. The highest BCUT2D eigenvalue weighted by molar-refractivity contribution is 7.92. The summed E-state index contributed by atoms with van der Waals surface area (Å²) in [5.41, 5.74) is 1.95. The Morgan fingerprint density at radius 3 is 2.59 bits per heavy atom. The topological polar surface area (TPSA) is 92.3 Å². The van der Waals surface area contributed by atoms with E-state index in [9.17, 15) is 13.2 Å². The van der Waals surface area contributed by atoms with Crippen LogP contribution < -0.4 is 9.62 Å². The average Bonchev–Trinajstić information content (AvgIpc) is 2.45. The van der Waals surface area contributed by atoms with Crippen molar-refractivity contribution in [1.29, 1.82) is 0 Å². The number of amides is 1. The summed E-state index contributed by atoms with van der Waals surface area (Å²) >= 11 is 0. The first-order valence-corrected chi connectivity index (χ1v) is 8.25. The van der Waals surface area contributed by atoms with Gasteiger partial charge in [-0.15, -0.1) is 0 Å². The Morgan fingerprint density at radius 1 is 1.23 bits per heavy atom. The second-order valence-corrected chi connectivity index (χ2v) is 6.79. The molecule has 0 spiro atoms. The highest BCUT2D eigenvalue weighted by Gasteiger charge is 2.13. The molecule has 0 aliphatic rings. The van der Waals surface area contributed by atoms with Crippen LogP contribution in [0.25, 0.3) is 11.1 Å². The molecule has 0 fully saturated rings. The maximum absolute atomic E-state index is 11.6. The van der Waals surface area contributed by atoms with Crippen molar-refractivity contribution < 1.29 is 13.2 Å². The maximum atomic E-state index is 11.6. The van der Waals surface area contributed by atoms with E-state index in [0.717, 1.165) is 21.7 Å². The molecular formula is C14H16N4O3S. The van der Waals surface area contributed by atoms with Gasteiger partial charge in [-0.2, -0.15) is 0 Å². The standard InChI is InChI=1S/C14H16N4O3S/c1-10(19)17-14-7-11(4-5-16-14)12-6-13(9-15-8-12)18(2)22(3,20)21/h4-9H,1-3H3,(H,16,17,19). The van der Waals surface area contributed by atoms with Crippen molar-refractivity contribution in [2.24, 2.45) is 0 Å². The van der Waals surface area contributed by atoms with Crippen LogP contribution >= 0.6 is 0 Å². The summed E-state index contributed by atoms with van der Waals surface area (Å²) < 4.78 is 24.3. The Morgan fingerprint density at radius 2 is 1.95 bits per heavy atom. The molecule has 0 aliphatic heterocycles. The van der Waals surface area contributed by atoms with Crippen molar-refractivity contribution in [3.8, 4) is 11.1 Å². The molecule has 2 aromatic heterocycles. The van der Waals surface area contributed by atoms with E-state index in [1.165, 1.54) is 20.2 Å². The van der Waals surface area contributed by atoms with Crippen molar-refractivity contribution in [1.82, 2.24) is 9.97 Å². The first-order valence-electron chi connectivity index (χ1n) is 6.40. The summed E-state index contributed by atoms with van der Waals surface area (Å²) in [6.07, 6.45) is 5.78. The van der Waals surface area contributed by atoms with Gasteiger partial charge in [0.1, 0.15) is 5.82 Å². The van der Waals surface area contributed by atoms with Crippen molar-refractivity contribution >= 4 is 27.4 Å². The third kappa shape index (κ3) is 3.79. The quantitative estimate of drug-likeness (QED) is 0.921. The Kier molecular flexibility index (Phi) is 4.41. The number of sulfonamides is 1. The summed E-state index contributed by atoms with van der Waals surface area (Å²) in [4.78, 5) is 19.2. The number of nitrogens with zero attached hydrogens (tertiary/aromatic N) is 3. The van der Waals surface area contributed by atoms with Gasteiger partial charge in [-0.05, 0) is 23.8 Å². The van der Waals surface area contributed by atoms with E-state index in [-0.39, 0.29) is 5.91 Å². The van der Waals surface area contributed by atoms with Crippen molar-refractivity contribution in [2.45, 2.75) is 6.92 Å². The lowest BCUT2D eigenvalue weighted by atomic mass is 10.1. The van der Waals surface area contributed by atoms with Crippen LogP contribution in [-0.4, -0.2) is 37.6 Å². The third-order valence-electron chi connectivity index (χ3n) is 2.98. The van der Waals surface area contributed by atoms with Crippen LogP contribution in [0, 0.1) is 0 Å². The smallest absolute Gasteiger partial charge is 0.232 e. The molecule has 116 valence electrons. The number of carbonyl (C=O) groups excluding carboxylic acids is 1. The van der Waals surface area contributed by atoms with E-state index in [1.807, 2.05) is 0 Å². The number of pyridine rings is 2. The Balaban J connectivity index is 2.40. The SMILES string of the molecule is CC(=O)Nc1cc(-c2cncc(N(C)S(C)(=O)=O)c2)ccn1. The number of carbonyl (C=O) groups is 1. The number of aromatic nitrogens is 2. The van der Waals surface area contributed by atoms with Crippen LogP contribution in [-0.2, 0) is 14.8 Å². The van der Waals surface area contributed by atoms with Crippen molar-refractivity contribution in [3.05, 3.63) is 36.8 Å². The molecule has 22 heavy (non-hydrogen) atoms. The second-order valence-electron chi connectivity index (χ2n) is 4.77. The van der Waals surface area contributed by atoms with Crippen LogP contribution in [0.2, 0.25) is 0 Å². The van der Waals surface area contributed by atoms with Crippen LogP contribution in [0.15, 0.2) is 36.8 Å². The highest BCUT2D eigenvalue weighted by atomic mass is 32.2. The molecule has 2 heterocycles. The van der Waals surface area contributed by atoms with Gasteiger partial charge in [-0.3, -0.25) is 14.1 Å². The number of anilines is 2. The van der Waals surface area contributed by atoms with Gasteiger partial charge in [0.15, 0.2) is 0 Å². The monoisotopic (exact) mass is 320 g/mol. The van der Waals surface area contributed by atoms with Gasteiger partial charge in [0.05, 0.1) is 18.1 Å². The molecule has 0 atom stereocenters. The van der Waals surface area contributed by atoms with Gasteiger partial charge < -0.3 is 5.32 Å². The van der Waals surface area contributed by atoms with Gasteiger partial charge in [0.25, 0.3) is 0 Å². The molecular weight excluding hydrogens is 304 g/mol. The minimum atomic E-state index is -3.35. The fourth-order valence-electron chi connectivity index (χ4n) is 1.81. The van der Waals surface area contributed by atoms with Crippen LogP contribution in [0.1, 0.15) is 6.92 Å². The molecule has 0 bridgehead atoms. The van der Waals surface area contributed by atoms with E-state index in [1.54, 1.807) is 30.6 Å². The predicted octanol–water partition coefficient (Wildman–Crippen LogP) is 1.50. The largest absolute Gasteiger partial charge is 0.311 e. The van der Waals surface area contributed by atoms with Gasteiger partial charge >= 0.3 is 0 Å². The molecule has 2 aromatic rings. The molecule has 0 saturated heterocycles. The summed E-state index contributed by atoms with van der Waals surface area (Å²) in [6, 6.07) is 5.16. The lowest BCUT2D eigenvalue weighted by molar-refractivity contribution is -0.114. The normalized spacial score (nSPS) is 11.0. The van der Waals surface area contributed by atoms with E-state index < -0.39 is 10.0 Å². The first kappa shape index (κ1) is 15.9. The van der Waals surface area contributed by atoms with Gasteiger partial charge in [0, 0.05) is 31.9 Å². The van der Waals surface area contributed by atoms with Crippen LogP contribution in [0.3, 0.4) is 0 Å². The van der Waals surface area contributed by atoms with E-state index in [0.29, 0.717) is 11.5 Å². The lowest BCUT2D eigenvalue weighted by Gasteiger charge is -2.16. The summed E-state index contributed by atoms with van der Waals surface area (Å²) in [5, 5.41) is 2.60. The first-order chi connectivity index (χ1) is 10.3. The van der Waals surface area contributed by atoms with Crippen LogP contribution in [0.4, 0.5) is 11.5 Å². The van der Waals surface area contributed by atoms with Crippen molar-refractivity contribution in [2.75, 3.05) is 22.9 Å². The molecule has 0 aliphatic carbocycles. The number of hydrogen-bond donors (Lipinski definition) is 1. The van der Waals surface area contributed by atoms with Crippen molar-refractivity contribution in [3.63, 3.8) is 0 Å². The maximum Gasteiger partial charge on any atom is 0.232 e. The van der Waals surface area contributed by atoms with E-state index in [2.05, 4.69) is 15.3 Å². The Bertz CT molecular complexity index is 805. The van der Waals surface area contributed by atoms with E-state index >= 15 is 0 Å². The lowest BCUT2D eigenvalue weighted by Crippen LogP contribution is -2.24. The van der Waals surface area contributed by atoms with Gasteiger partial charge in [0.2, 0.25) is 15.9 Å². The zero-order valence-corrected chi connectivity index (χ0v) is 13.3. The fourth-order valence-corrected chi connectivity index (χ4v) is 2.29. The summed E-state index contributed by atoms with van der Waals surface area (Å²) in [6.45, 7) is 1.40. The molecule has 0 saturated carbocycles. The second kappa shape index (κ2) is 6.10. The molecule has 2 rings (SSSR count). The van der Waals surface area contributed by atoms with Gasteiger partial charge in [-0.25, -0.2) is 13.4 Å². The molecule has 7 nitrogen and oxygen atoms in total. The summed E-state index contributed by atoms with van der Waals surface area (Å²) in [5.74, 6) is 0.209. The van der Waals surface area contributed by atoms with Crippen LogP contribution in [0.5, 0.6) is 0 Å². The molecule has 1 N–H and O–H groups in total. The molecule has 1 amide bonds. The Hall–Kier alpha value is -2.48. The average molecular weight is 320 g/mol. The molecule has 0 unspecified atom stereocenters. The third-order valence-corrected chi connectivity index (χ3v) is 4.19. The number of nitrogens with one attached hydrogen (secondary N) is 1. The summed E-state index contributed by atoms with van der Waals surface area (Å²) in [7, 11) is -1.89. The number of rotatable bonds is 4. The van der Waals surface area contributed by atoms with Gasteiger partial charge in [-0.1, -0.05) is 0 Å². The highest BCUT2D eigenvalue weighted by Crippen LogP contribution is 2.25. The number of hydrogen-bond acceptors (Lipinski definition) is 5. The zero-order valence-electron chi connectivity index (χ0n) is 12.4. The fraction of sp³-hybridized carbons (Fsp3) is 0.214. The predicted molar refractivity (Wildman–Crippen MR) is 85.0 cm³/mol. The van der Waals surface area contributed by atoms with E-state index in [4.69, 9.17) is 0 Å². The Labute approximate surface area is 129 Å². The zero-order chi connectivity index (χ0) is 16.3. The molecule has 8 heteroatoms.